The summed E-state index contributed by atoms with van der Waals surface area (Å²) >= 11 is 0. The Labute approximate surface area is 201 Å². The van der Waals surface area contributed by atoms with Crippen molar-refractivity contribution < 1.29 is 19.1 Å². The third-order valence-electron chi connectivity index (χ3n) is 5.48. The highest BCUT2D eigenvalue weighted by Gasteiger charge is 2.16. The molecule has 178 valence electrons. The first kappa shape index (κ1) is 24.8. The number of nitrogens with one attached hydrogen (secondary N) is 2. The fourth-order valence-corrected chi connectivity index (χ4v) is 3.66. The highest BCUT2D eigenvalue weighted by molar-refractivity contribution is 6.05. The number of carbonyl (C=O) groups excluding carboxylic acids is 2. The van der Waals surface area contributed by atoms with E-state index in [1.165, 1.54) is 0 Å². The lowest BCUT2D eigenvalue weighted by molar-refractivity contribution is -0.118. The number of hydrogen-bond donors (Lipinski definition) is 2. The van der Waals surface area contributed by atoms with Gasteiger partial charge in [0.15, 0.2) is 6.61 Å². The lowest BCUT2D eigenvalue weighted by atomic mass is 9.92. The van der Waals surface area contributed by atoms with Crippen molar-refractivity contribution in [2.75, 3.05) is 24.4 Å². The number of anilines is 2. The summed E-state index contributed by atoms with van der Waals surface area (Å²) in [4.78, 5) is 25.2. The molecule has 0 atom stereocenters. The molecule has 2 amide bonds. The topological polar surface area (TPSA) is 76.7 Å². The lowest BCUT2D eigenvalue weighted by Crippen LogP contribution is -2.22. The molecule has 3 aromatic rings. The van der Waals surface area contributed by atoms with Crippen molar-refractivity contribution in [3.63, 3.8) is 0 Å². The van der Waals surface area contributed by atoms with Crippen molar-refractivity contribution in [2.45, 2.75) is 39.5 Å². The molecule has 0 saturated heterocycles. The normalized spacial score (nSPS) is 10.8. The maximum absolute atomic E-state index is 12.7. The van der Waals surface area contributed by atoms with Crippen LogP contribution in [-0.2, 0) is 4.79 Å². The van der Waals surface area contributed by atoms with Gasteiger partial charge in [0, 0.05) is 11.3 Å². The Morgan fingerprint density at radius 2 is 1.41 bits per heavy atom. The molecule has 0 aliphatic rings. The van der Waals surface area contributed by atoms with Crippen molar-refractivity contribution in [3.05, 3.63) is 83.4 Å². The first-order chi connectivity index (χ1) is 16.3. The molecular weight excluding hydrogens is 428 g/mol. The lowest BCUT2D eigenvalue weighted by Gasteiger charge is -2.20. The van der Waals surface area contributed by atoms with Gasteiger partial charge in [-0.2, -0.15) is 0 Å². The molecule has 0 heterocycles. The molecule has 0 aliphatic carbocycles. The number of rotatable bonds is 9. The number of carbonyl (C=O) groups is 2. The highest BCUT2D eigenvalue weighted by Crippen LogP contribution is 2.32. The number of para-hydroxylation sites is 3. The van der Waals surface area contributed by atoms with Gasteiger partial charge in [-0.1, -0.05) is 58.0 Å². The SMILES string of the molecule is COc1ccccc1NC(=O)c1ccc(OCC(=O)Nc2c(C(C)C)cccc2C(C)C)cc1. The van der Waals surface area contributed by atoms with Crippen molar-refractivity contribution >= 4 is 23.2 Å². The molecule has 6 nitrogen and oxygen atoms in total. The fourth-order valence-electron chi connectivity index (χ4n) is 3.66. The van der Waals surface area contributed by atoms with Gasteiger partial charge in [-0.25, -0.2) is 0 Å². The van der Waals surface area contributed by atoms with E-state index < -0.39 is 0 Å². The standard InChI is InChI=1S/C28H32N2O4/c1-18(2)22-9-8-10-23(19(3)4)27(22)30-26(31)17-34-21-15-13-20(14-16-21)28(32)29-24-11-6-7-12-25(24)33-5/h6-16,18-19H,17H2,1-5H3,(H,29,32)(H,30,31). The molecule has 0 bridgehead atoms. The first-order valence-corrected chi connectivity index (χ1v) is 11.4. The van der Waals surface area contributed by atoms with Crippen LogP contribution >= 0.6 is 0 Å². The Morgan fingerprint density at radius 1 is 0.794 bits per heavy atom. The number of benzene rings is 3. The smallest absolute Gasteiger partial charge is 0.262 e. The molecule has 0 aromatic heterocycles. The molecule has 0 spiro atoms. The van der Waals surface area contributed by atoms with Crippen LogP contribution in [0.25, 0.3) is 0 Å². The third-order valence-corrected chi connectivity index (χ3v) is 5.48. The van der Waals surface area contributed by atoms with Gasteiger partial charge < -0.3 is 20.1 Å². The maximum Gasteiger partial charge on any atom is 0.262 e. The average Bonchev–Trinajstić information content (AvgIpc) is 2.83. The van der Waals surface area contributed by atoms with Crippen LogP contribution in [0.1, 0.15) is 61.0 Å². The summed E-state index contributed by atoms with van der Waals surface area (Å²) in [7, 11) is 1.55. The number of methoxy groups -OCH3 is 1. The van der Waals surface area contributed by atoms with E-state index >= 15 is 0 Å². The van der Waals surface area contributed by atoms with Crippen molar-refractivity contribution in [3.8, 4) is 11.5 Å². The highest BCUT2D eigenvalue weighted by atomic mass is 16.5. The number of amides is 2. The van der Waals surface area contributed by atoms with Gasteiger partial charge in [0.1, 0.15) is 11.5 Å². The Kier molecular flexibility index (Phi) is 8.30. The summed E-state index contributed by atoms with van der Waals surface area (Å²) in [5.74, 6) is 1.16. The molecular formula is C28H32N2O4. The fraction of sp³-hybridized carbons (Fsp3) is 0.286. The molecule has 2 N–H and O–H groups in total. The molecule has 3 rings (SSSR count). The third kappa shape index (κ3) is 6.16. The van der Waals surface area contributed by atoms with E-state index in [0.717, 1.165) is 16.8 Å². The minimum absolute atomic E-state index is 0.128. The molecule has 0 fully saturated rings. The van der Waals surface area contributed by atoms with Gasteiger partial charge in [0.2, 0.25) is 0 Å². The summed E-state index contributed by atoms with van der Waals surface area (Å²) in [5, 5.41) is 5.87. The molecule has 0 radical (unpaired) electrons. The average molecular weight is 461 g/mol. The van der Waals surface area contributed by atoms with Gasteiger partial charge >= 0.3 is 0 Å². The number of ether oxygens (including phenoxy) is 2. The van der Waals surface area contributed by atoms with Gasteiger partial charge in [-0.05, 0) is 59.4 Å². The van der Waals surface area contributed by atoms with Crippen LogP contribution in [-0.4, -0.2) is 25.5 Å². The Bertz CT molecular complexity index is 1110. The summed E-state index contributed by atoms with van der Waals surface area (Å²) in [5.41, 5.74) is 4.13. The second-order valence-corrected chi connectivity index (χ2v) is 8.64. The van der Waals surface area contributed by atoms with Crippen LogP contribution in [0.4, 0.5) is 11.4 Å². The number of hydrogen-bond acceptors (Lipinski definition) is 4. The second kappa shape index (κ2) is 11.4. The monoisotopic (exact) mass is 460 g/mol. The molecule has 0 saturated carbocycles. The van der Waals surface area contributed by atoms with E-state index in [1.54, 1.807) is 43.5 Å². The summed E-state index contributed by atoms with van der Waals surface area (Å²) in [6, 6.07) is 20.0. The van der Waals surface area contributed by atoms with Gasteiger partial charge in [0.25, 0.3) is 11.8 Å². The summed E-state index contributed by atoms with van der Waals surface area (Å²) in [6.45, 7) is 8.30. The predicted molar refractivity (Wildman–Crippen MR) is 136 cm³/mol. The van der Waals surface area contributed by atoms with E-state index in [1.807, 2.05) is 30.3 Å². The van der Waals surface area contributed by atoms with Crippen LogP contribution in [0.2, 0.25) is 0 Å². The van der Waals surface area contributed by atoms with Crippen LogP contribution in [0, 0.1) is 0 Å². The molecule has 0 aliphatic heterocycles. The zero-order valence-electron chi connectivity index (χ0n) is 20.3. The largest absolute Gasteiger partial charge is 0.495 e. The Hall–Kier alpha value is -3.80. The van der Waals surface area contributed by atoms with Crippen LogP contribution in [0.3, 0.4) is 0 Å². The van der Waals surface area contributed by atoms with E-state index in [2.05, 4.69) is 38.3 Å². The van der Waals surface area contributed by atoms with Gasteiger partial charge in [-0.15, -0.1) is 0 Å². The zero-order valence-corrected chi connectivity index (χ0v) is 20.3. The van der Waals surface area contributed by atoms with Crippen LogP contribution < -0.4 is 20.1 Å². The zero-order chi connectivity index (χ0) is 24.7. The van der Waals surface area contributed by atoms with Crippen molar-refractivity contribution in [1.82, 2.24) is 0 Å². The molecule has 6 heteroatoms. The van der Waals surface area contributed by atoms with E-state index in [0.29, 0.717) is 22.7 Å². The molecule has 34 heavy (non-hydrogen) atoms. The predicted octanol–water partition coefficient (Wildman–Crippen LogP) is 6.21. The summed E-state index contributed by atoms with van der Waals surface area (Å²) < 4.78 is 10.9. The van der Waals surface area contributed by atoms with Crippen LogP contribution in [0.5, 0.6) is 11.5 Å². The van der Waals surface area contributed by atoms with E-state index in [-0.39, 0.29) is 30.3 Å². The van der Waals surface area contributed by atoms with Crippen molar-refractivity contribution in [1.29, 1.82) is 0 Å². The van der Waals surface area contributed by atoms with Crippen LogP contribution in [0.15, 0.2) is 66.7 Å². The minimum atomic E-state index is -0.264. The van der Waals surface area contributed by atoms with Gasteiger partial charge in [-0.3, -0.25) is 9.59 Å². The Balaban J connectivity index is 1.62. The second-order valence-electron chi connectivity index (χ2n) is 8.64. The first-order valence-electron chi connectivity index (χ1n) is 11.4. The Morgan fingerprint density at radius 3 is 2.00 bits per heavy atom. The van der Waals surface area contributed by atoms with E-state index in [4.69, 9.17) is 9.47 Å². The van der Waals surface area contributed by atoms with E-state index in [9.17, 15) is 9.59 Å². The molecule has 0 unspecified atom stereocenters. The maximum atomic E-state index is 12.7. The van der Waals surface area contributed by atoms with Crippen molar-refractivity contribution in [2.24, 2.45) is 0 Å². The van der Waals surface area contributed by atoms with Gasteiger partial charge in [0.05, 0.1) is 12.8 Å². The molecule has 3 aromatic carbocycles. The quantitative estimate of drug-likeness (QED) is 0.398. The minimum Gasteiger partial charge on any atom is -0.495 e. The summed E-state index contributed by atoms with van der Waals surface area (Å²) in [6.07, 6.45) is 0.